The molecule has 0 saturated carbocycles. The number of carbonyl (C=O) groups excluding carboxylic acids is 1. The summed E-state index contributed by atoms with van der Waals surface area (Å²) in [7, 11) is 1.38. The average Bonchev–Trinajstić information content (AvgIpc) is 3.11. The van der Waals surface area contributed by atoms with Gasteiger partial charge in [-0.25, -0.2) is 4.79 Å². The van der Waals surface area contributed by atoms with Crippen molar-refractivity contribution in [1.82, 2.24) is 9.55 Å². The van der Waals surface area contributed by atoms with Gasteiger partial charge in [-0.15, -0.1) is 0 Å². The van der Waals surface area contributed by atoms with E-state index in [4.69, 9.17) is 16.3 Å². The first-order chi connectivity index (χ1) is 13.6. The lowest BCUT2D eigenvalue weighted by Crippen LogP contribution is -2.06. The van der Waals surface area contributed by atoms with Crippen LogP contribution in [0, 0.1) is 0 Å². The third kappa shape index (κ3) is 3.78. The SMILES string of the molecule is COC(=O)c1cc(Cl)ccc1Cc1ccc2c(ccn2Cc2cccnc2)c1. The van der Waals surface area contributed by atoms with Gasteiger partial charge in [0.2, 0.25) is 0 Å². The fraction of sp³-hybridized carbons (Fsp3) is 0.130. The Labute approximate surface area is 168 Å². The number of esters is 1. The Balaban J connectivity index is 1.62. The quantitative estimate of drug-likeness (QED) is 0.444. The molecule has 0 aliphatic rings. The molecule has 140 valence electrons. The normalized spacial score (nSPS) is 10.9. The number of carbonyl (C=O) groups is 1. The van der Waals surface area contributed by atoms with E-state index in [1.54, 1.807) is 18.3 Å². The second-order valence-corrected chi connectivity index (χ2v) is 7.10. The number of nitrogens with zero attached hydrogens (tertiary/aromatic N) is 2. The van der Waals surface area contributed by atoms with Gasteiger partial charge in [0.25, 0.3) is 0 Å². The molecule has 4 aromatic rings. The minimum absolute atomic E-state index is 0.374. The van der Waals surface area contributed by atoms with Crippen LogP contribution in [0.4, 0.5) is 0 Å². The maximum atomic E-state index is 12.1. The van der Waals surface area contributed by atoms with Gasteiger partial charge in [-0.3, -0.25) is 4.98 Å². The van der Waals surface area contributed by atoms with Crippen LogP contribution in [0.15, 0.2) is 73.2 Å². The van der Waals surface area contributed by atoms with Gasteiger partial charge in [0.15, 0.2) is 0 Å². The molecule has 0 atom stereocenters. The number of hydrogen-bond acceptors (Lipinski definition) is 3. The predicted molar refractivity (Wildman–Crippen MR) is 111 cm³/mol. The summed E-state index contributed by atoms with van der Waals surface area (Å²) in [4.78, 5) is 16.3. The highest BCUT2D eigenvalue weighted by Crippen LogP contribution is 2.24. The summed E-state index contributed by atoms with van der Waals surface area (Å²) in [6, 6.07) is 17.8. The van der Waals surface area contributed by atoms with Crippen LogP contribution in [0.3, 0.4) is 0 Å². The Hall–Kier alpha value is -3.11. The van der Waals surface area contributed by atoms with Crippen LogP contribution in [0.2, 0.25) is 5.02 Å². The highest BCUT2D eigenvalue weighted by molar-refractivity contribution is 6.31. The van der Waals surface area contributed by atoms with Crippen LogP contribution < -0.4 is 0 Å². The van der Waals surface area contributed by atoms with E-state index in [2.05, 4.69) is 46.1 Å². The number of pyridine rings is 1. The monoisotopic (exact) mass is 390 g/mol. The molecule has 0 unspecified atom stereocenters. The summed E-state index contributed by atoms with van der Waals surface area (Å²) in [6.07, 6.45) is 6.38. The Morgan fingerprint density at radius 1 is 1.11 bits per heavy atom. The van der Waals surface area contributed by atoms with Crippen molar-refractivity contribution in [3.05, 3.63) is 100 Å². The first kappa shape index (κ1) is 18.3. The van der Waals surface area contributed by atoms with Crippen molar-refractivity contribution in [1.29, 1.82) is 0 Å². The molecule has 0 amide bonds. The van der Waals surface area contributed by atoms with Gasteiger partial charge in [0.05, 0.1) is 12.7 Å². The molecule has 4 nitrogen and oxygen atoms in total. The lowest BCUT2D eigenvalue weighted by atomic mass is 9.99. The molecule has 0 saturated heterocycles. The zero-order valence-electron chi connectivity index (χ0n) is 15.4. The van der Waals surface area contributed by atoms with Crippen LogP contribution in [-0.4, -0.2) is 22.6 Å². The second-order valence-electron chi connectivity index (χ2n) is 6.67. The molecule has 5 heteroatoms. The van der Waals surface area contributed by atoms with E-state index in [-0.39, 0.29) is 5.97 Å². The van der Waals surface area contributed by atoms with E-state index >= 15 is 0 Å². The van der Waals surface area contributed by atoms with E-state index < -0.39 is 0 Å². The van der Waals surface area contributed by atoms with Crippen molar-refractivity contribution >= 4 is 28.5 Å². The van der Waals surface area contributed by atoms with Gasteiger partial charge in [-0.2, -0.15) is 0 Å². The number of hydrogen-bond donors (Lipinski definition) is 0. The summed E-state index contributed by atoms with van der Waals surface area (Å²) in [5.74, 6) is -0.374. The number of methoxy groups -OCH3 is 1. The molecule has 0 bridgehead atoms. The minimum atomic E-state index is -0.374. The molecular formula is C23H19ClN2O2. The lowest BCUT2D eigenvalue weighted by molar-refractivity contribution is 0.0599. The molecule has 2 aromatic heterocycles. The topological polar surface area (TPSA) is 44.1 Å². The van der Waals surface area contributed by atoms with Gasteiger partial charge >= 0.3 is 5.97 Å². The van der Waals surface area contributed by atoms with E-state index in [0.29, 0.717) is 17.0 Å². The smallest absolute Gasteiger partial charge is 0.338 e. The zero-order valence-corrected chi connectivity index (χ0v) is 16.2. The van der Waals surface area contributed by atoms with Crippen LogP contribution >= 0.6 is 11.6 Å². The molecular weight excluding hydrogens is 372 g/mol. The number of ether oxygens (including phenoxy) is 1. The molecule has 28 heavy (non-hydrogen) atoms. The first-order valence-electron chi connectivity index (χ1n) is 8.97. The Morgan fingerprint density at radius 2 is 2.00 bits per heavy atom. The van der Waals surface area contributed by atoms with Gasteiger partial charge in [-0.1, -0.05) is 29.8 Å². The van der Waals surface area contributed by atoms with Gasteiger partial charge in [0.1, 0.15) is 0 Å². The summed E-state index contributed by atoms with van der Waals surface area (Å²) >= 11 is 6.05. The average molecular weight is 391 g/mol. The molecule has 0 fully saturated rings. The summed E-state index contributed by atoms with van der Waals surface area (Å²) in [5.41, 5.74) is 4.85. The molecule has 0 aliphatic carbocycles. The fourth-order valence-corrected chi connectivity index (χ4v) is 3.58. The Morgan fingerprint density at radius 3 is 2.79 bits per heavy atom. The number of halogens is 1. The van der Waals surface area contributed by atoms with E-state index in [0.717, 1.165) is 34.1 Å². The number of aromatic nitrogens is 2. The van der Waals surface area contributed by atoms with Crippen LogP contribution in [0.5, 0.6) is 0 Å². The molecule has 0 radical (unpaired) electrons. The van der Waals surface area contributed by atoms with E-state index in [1.165, 1.54) is 7.11 Å². The highest BCUT2D eigenvalue weighted by atomic mass is 35.5. The highest BCUT2D eigenvalue weighted by Gasteiger charge is 2.13. The summed E-state index contributed by atoms with van der Waals surface area (Å²) in [6.45, 7) is 0.778. The second kappa shape index (κ2) is 7.87. The van der Waals surface area contributed by atoms with E-state index in [1.807, 2.05) is 18.3 Å². The first-order valence-corrected chi connectivity index (χ1v) is 9.35. The third-order valence-electron chi connectivity index (χ3n) is 4.78. The van der Waals surface area contributed by atoms with E-state index in [9.17, 15) is 4.79 Å². The van der Waals surface area contributed by atoms with Crippen LogP contribution in [-0.2, 0) is 17.7 Å². The maximum absolute atomic E-state index is 12.1. The summed E-state index contributed by atoms with van der Waals surface area (Å²) < 4.78 is 7.10. The Kier molecular flexibility index (Phi) is 5.13. The molecule has 4 rings (SSSR count). The molecule has 2 heterocycles. The van der Waals surface area contributed by atoms with Crippen molar-refractivity contribution < 1.29 is 9.53 Å². The minimum Gasteiger partial charge on any atom is -0.465 e. The fourth-order valence-electron chi connectivity index (χ4n) is 3.41. The van der Waals surface area contributed by atoms with Gasteiger partial charge in [-0.05, 0) is 64.9 Å². The van der Waals surface area contributed by atoms with Crippen molar-refractivity contribution in [3.63, 3.8) is 0 Å². The van der Waals surface area contributed by atoms with Crippen molar-refractivity contribution in [2.24, 2.45) is 0 Å². The largest absolute Gasteiger partial charge is 0.465 e. The summed E-state index contributed by atoms with van der Waals surface area (Å²) in [5, 5.41) is 1.68. The molecule has 0 aliphatic heterocycles. The maximum Gasteiger partial charge on any atom is 0.338 e. The molecule has 2 aromatic carbocycles. The standard InChI is InChI=1S/C23H19ClN2O2/c1-28-23(27)21-13-20(24)6-5-18(21)11-16-4-7-22-19(12-16)8-10-26(22)15-17-3-2-9-25-14-17/h2-10,12-14H,11,15H2,1H3. The predicted octanol–water partition coefficient (Wildman–Crippen LogP) is 5.12. The number of fused-ring (bicyclic) bond motifs is 1. The zero-order chi connectivity index (χ0) is 19.5. The van der Waals surface area contributed by atoms with Crippen molar-refractivity contribution in [2.75, 3.05) is 7.11 Å². The number of rotatable bonds is 5. The third-order valence-corrected chi connectivity index (χ3v) is 5.02. The molecule has 0 spiro atoms. The van der Waals surface area contributed by atoms with Crippen LogP contribution in [0.1, 0.15) is 27.0 Å². The number of benzene rings is 2. The van der Waals surface area contributed by atoms with Crippen molar-refractivity contribution in [3.8, 4) is 0 Å². The van der Waals surface area contributed by atoms with Gasteiger partial charge in [0, 0.05) is 35.7 Å². The van der Waals surface area contributed by atoms with Crippen molar-refractivity contribution in [2.45, 2.75) is 13.0 Å². The Bertz CT molecular complexity index is 1140. The van der Waals surface area contributed by atoms with Gasteiger partial charge < -0.3 is 9.30 Å². The lowest BCUT2D eigenvalue weighted by Gasteiger charge is -2.10. The molecule has 0 N–H and O–H groups in total. The van der Waals surface area contributed by atoms with Crippen LogP contribution in [0.25, 0.3) is 10.9 Å².